The van der Waals surface area contributed by atoms with Crippen molar-refractivity contribution in [3.8, 4) is 11.1 Å². The number of benzene rings is 2. The van der Waals surface area contributed by atoms with Crippen molar-refractivity contribution in [3.05, 3.63) is 63.8 Å². The molecule has 2 aromatic carbocycles. The molecule has 1 amide bonds. The summed E-state index contributed by atoms with van der Waals surface area (Å²) in [7, 11) is 0. The highest BCUT2D eigenvalue weighted by Gasteiger charge is 2.35. The zero-order valence-electron chi connectivity index (χ0n) is 25.7. The van der Waals surface area contributed by atoms with Gasteiger partial charge in [-0.3, -0.25) is 14.3 Å². The summed E-state index contributed by atoms with van der Waals surface area (Å²) in [6, 6.07) is 2.58. The Balaban J connectivity index is 0.00000240. The molecule has 2 fully saturated rings. The van der Waals surface area contributed by atoms with Crippen molar-refractivity contribution < 1.29 is 18.0 Å². The van der Waals surface area contributed by atoms with Gasteiger partial charge in [-0.2, -0.15) is 32.0 Å². The fourth-order valence-corrected chi connectivity index (χ4v) is 8.25. The van der Waals surface area contributed by atoms with E-state index in [-0.39, 0.29) is 61.1 Å². The molecule has 250 valence electrons. The Hall–Kier alpha value is -2.36. The van der Waals surface area contributed by atoms with Crippen LogP contribution in [0.1, 0.15) is 19.9 Å². The molecule has 3 aliphatic rings. The summed E-state index contributed by atoms with van der Waals surface area (Å²) in [6.07, 6.45) is 1.29. The maximum Gasteiger partial charge on any atom is 0.350 e. The van der Waals surface area contributed by atoms with Crippen LogP contribution in [0.25, 0.3) is 22.0 Å². The van der Waals surface area contributed by atoms with Gasteiger partial charge < -0.3 is 14.7 Å². The van der Waals surface area contributed by atoms with E-state index in [1.54, 1.807) is 15.5 Å². The molecular formula is C31H38ClF3N6O2S3. The van der Waals surface area contributed by atoms with E-state index in [4.69, 9.17) is 11.6 Å². The third-order valence-electron chi connectivity index (χ3n) is 8.93. The summed E-state index contributed by atoms with van der Waals surface area (Å²) in [5, 5.41) is 0.750. The third-order valence-corrected chi connectivity index (χ3v) is 10.5. The van der Waals surface area contributed by atoms with E-state index >= 15 is 4.39 Å². The number of anilines is 1. The number of carbonyl (C=O) groups is 1. The summed E-state index contributed by atoms with van der Waals surface area (Å²) < 4.78 is 45.2. The van der Waals surface area contributed by atoms with Gasteiger partial charge in [0.1, 0.15) is 11.6 Å². The standard InChI is InChI=1S/C31H34ClF3N6O2S.2H2S/c1-4-26(42)39-10-11-40(18(3)15-39)30-21-12-22(32)27(20-13-24(34)25(35)14-23(20)33)29-28(21)41(31(43)36-30)19(17-44-29)16-38-8-6-37(5-2)7-9-38;;/h4,12-14,18-19H,1,5-11,15-17H2,2-3H3;2*1H2/t18-,19-;;/m0../s1. The van der Waals surface area contributed by atoms with Gasteiger partial charge in [0.25, 0.3) is 0 Å². The first-order valence-electron chi connectivity index (χ1n) is 14.8. The summed E-state index contributed by atoms with van der Waals surface area (Å²) in [5.41, 5.74) is 0.154. The van der Waals surface area contributed by atoms with Crippen molar-refractivity contribution in [3.63, 3.8) is 0 Å². The monoisotopic (exact) mass is 714 g/mol. The van der Waals surface area contributed by atoms with Crippen LogP contribution in [0, 0.1) is 17.5 Å². The molecule has 0 spiro atoms. The smallest absolute Gasteiger partial charge is 0.350 e. The SMILES string of the molecule is C=CC(=O)N1CCN(c2nc(=O)n3c4c(c(-c5cc(F)c(F)cc5F)c(Cl)cc24)SC[C@@H]3CN2CCN(CC)CC2)[C@@H](C)C1.S.S. The minimum absolute atomic E-state index is 0. The Labute approximate surface area is 289 Å². The second-order valence-electron chi connectivity index (χ2n) is 11.5. The van der Waals surface area contributed by atoms with E-state index in [0.29, 0.717) is 59.6 Å². The topological polar surface area (TPSA) is 64.9 Å². The Morgan fingerprint density at radius 3 is 2.37 bits per heavy atom. The number of hydrogen-bond acceptors (Lipinski definition) is 7. The molecule has 0 unspecified atom stereocenters. The number of amides is 1. The van der Waals surface area contributed by atoms with Crippen LogP contribution in [0.15, 0.2) is 40.5 Å². The molecule has 0 N–H and O–H groups in total. The van der Waals surface area contributed by atoms with Gasteiger partial charge in [-0.15, -0.1) is 11.8 Å². The molecule has 3 aromatic rings. The Kier molecular flexibility index (Phi) is 11.7. The molecule has 2 saturated heterocycles. The summed E-state index contributed by atoms with van der Waals surface area (Å²) in [6.45, 7) is 14.2. The molecule has 0 aliphatic carbocycles. The zero-order chi connectivity index (χ0) is 31.3. The summed E-state index contributed by atoms with van der Waals surface area (Å²) in [5.74, 6) is -2.67. The van der Waals surface area contributed by atoms with Crippen LogP contribution >= 0.6 is 50.4 Å². The second kappa shape index (κ2) is 14.8. The molecule has 46 heavy (non-hydrogen) atoms. The van der Waals surface area contributed by atoms with Crippen molar-refractivity contribution in [1.29, 1.82) is 0 Å². The number of halogens is 4. The molecule has 0 radical (unpaired) electrons. The van der Waals surface area contributed by atoms with E-state index in [9.17, 15) is 18.4 Å². The van der Waals surface area contributed by atoms with E-state index in [1.807, 2.05) is 11.8 Å². The van der Waals surface area contributed by atoms with Crippen LogP contribution in [0.3, 0.4) is 0 Å². The van der Waals surface area contributed by atoms with E-state index in [1.165, 1.54) is 17.8 Å². The maximum atomic E-state index is 15.2. The first-order chi connectivity index (χ1) is 21.1. The predicted octanol–water partition coefficient (Wildman–Crippen LogP) is 4.87. The number of likely N-dealkylation sites (N-methyl/N-ethyl adjacent to an activating group) is 1. The lowest BCUT2D eigenvalue weighted by molar-refractivity contribution is -0.126. The number of piperazine rings is 2. The van der Waals surface area contributed by atoms with Crippen LogP contribution < -0.4 is 10.6 Å². The van der Waals surface area contributed by atoms with Gasteiger partial charge in [0.15, 0.2) is 11.6 Å². The van der Waals surface area contributed by atoms with Crippen LogP contribution in [0.4, 0.5) is 19.0 Å². The van der Waals surface area contributed by atoms with Gasteiger partial charge in [0.05, 0.1) is 16.6 Å². The minimum atomic E-state index is -1.29. The van der Waals surface area contributed by atoms with Gasteiger partial charge in [-0.25, -0.2) is 18.0 Å². The lowest BCUT2D eigenvalue weighted by Crippen LogP contribution is -2.54. The molecule has 2 atom stereocenters. The van der Waals surface area contributed by atoms with Gasteiger partial charge in [-0.05, 0) is 31.7 Å². The van der Waals surface area contributed by atoms with E-state index in [2.05, 4.69) is 28.3 Å². The number of aromatic nitrogens is 2. The average molecular weight is 715 g/mol. The Morgan fingerprint density at radius 1 is 1.04 bits per heavy atom. The molecule has 15 heteroatoms. The minimum Gasteiger partial charge on any atom is -0.350 e. The maximum absolute atomic E-state index is 15.2. The van der Waals surface area contributed by atoms with Gasteiger partial charge in [0.2, 0.25) is 5.91 Å². The van der Waals surface area contributed by atoms with Crippen molar-refractivity contribution in [2.45, 2.75) is 30.8 Å². The number of carbonyl (C=O) groups excluding carboxylic acids is 1. The van der Waals surface area contributed by atoms with Crippen LogP contribution in [-0.4, -0.2) is 101 Å². The van der Waals surface area contributed by atoms with E-state index < -0.39 is 23.1 Å². The lowest BCUT2D eigenvalue weighted by Gasteiger charge is -2.41. The highest BCUT2D eigenvalue weighted by molar-refractivity contribution is 7.99. The first kappa shape index (κ1) is 36.5. The second-order valence-corrected chi connectivity index (χ2v) is 13.0. The number of nitrogens with zero attached hydrogens (tertiary/aromatic N) is 6. The van der Waals surface area contributed by atoms with Crippen LogP contribution in [0.5, 0.6) is 0 Å². The fraction of sp³-hybridized carbons (Fsp3) is 0.452. The van der Waals surface area contributed by atoms with Crippen molar-refractivity contribution >= 4 is 73.0 Å². The molecule has 1 aromatic heterocycles. The average Bonchev–Trinajstić information content (AvgIpc) is 3.01. The highest BCUT2D eigenvalue weighted by atomic mass is 35.5. The molecule has 0 saturated carbocycles. The van der Waals surface area contributed by atoms with Crippen molar-refractivity contribution in [2.75, 3.05) is 69.6 Å². The normalized spacial score (nSPS) is 20.3. The van der Waals surface area contributed by atoms with E-state index in [0.717, 1.165) is 38.8 Å². The van der Waals surface area contributed by atoms with Crippen LogP contribution in [0.2, 0.25) is 5.02 Å². The molecule has 4 heterocycles. The lowest BCUT2D eigenvalue weighted by atomic mass is 10.0. The van der Waals surface area contributed by atoms with Crippen LogP contribution in [-0.2, 0) is 4.79 Å². The number of thioether (sulfide) groups is 1. The largest absolute Gasteiger partial charge is 0.350 e. The van der Waals surface area contributed by atoms with Gasteiger partial charge in [0, 0.05) is 91.6 Å². The van der Waals surface area contributed by atoms with Gasteiger partial charge in [-0.1, -0.05) is 25.1 Å². The molecule has 0 bridgehead atoms. The summed E-state index contributed by atoms with van der Waals surface area (Å²) >= 11 is 8.28. The molecule has 3 aliphatic heterocycles. The highest BCUT2D eigenvalue weighted by Crippen LogP contribution is 2.48. The predicted molar refractivity (Wildman–Crippen MR) is 189 cm³/mol. The molecular weight excluding hydrogens is 677 g/mol. The quantitative estimate of drug-likeness (QED) is 0.267. The number of hydrogen-bond donors (Lipinski definition) is 0. The summed E-state index contributed by atoms with van der Waals surface area (Å²) in [4.78, 5) is 39.8. The number of rotatable bonds is 6. The Morgan fingerprint density at radius 2 is 1.72 bits per heavy atom. The Bertz CT molecular complexity index is 1700. The van der Waals surface area contributed by atoms with Crippen molar-refractivity contribution in [1.82, 2.24) is 24.3 Å². The van der Waals surface area contributed by atoms with Crippen molar-refractivity contribution in [2.24, 2.45) is 0 Å². The zero-order valence-corrected chi connectivity index (χ0v) is 29.2. The fourth-order valence-electron chi connectivity index (χ4n) is 6.57. The molecule has 6 rings (SSSR count). The molecule has 8 nitrogen and oxygen atoms in total. The van der Waals surface area contributed by atoms with Gasteiger partial charge >= 0.3 is 5.69 Å². The third kappa shape index (κ3) is 6.66. The first-order valence-corrected chi connectivity index (χ1v) is 16.2.